The first-order valence-electron chi connectivity index (χ1n) is 4.28. The fourth-order valence-electron chi connectivity index (χ4n) is 1.30. The second-order valence-corrected chi connectivity index (χ2v) is 3.50. The molecule has 5 heteroatoms. The van der Waals surface area contributed by atoms with E-state index in [-0.39, 0.29) is 6.04 Å². The molecule has 1 rings (SSSR count). The van der Waals surface area contributed by atoms with Gasteiger partial charge >= 0.3 is 11.8 Å². The van der Waals surface area contributed by atoms with E-state index in [4.69, 9.17) is 5.73 Å². The molecule has 5 nitrogen and oxygen atoms in total. The van der Waals surface area contributed by atoms with Gasteiger partial charge in [0.1, 0.15) is 0 Å². The van der Waals surface area contributed by atoms with Crippen molar-refractivity contribution in [2.45, 2.75) is 12.5 Å². The highest BCUT2D eigenvalue weighted by Gasteiger charge is 2.28. The molecule has 0 aromatic heterocycles. The largest absolute Gasteiger partial charge is 0.341 e. The molecule has 13 heavy (non-hydrogen) atoms. The Morgan fingerprint density at radius 3 is 2.46 bits per heavy atom. The van der Waals surface area contributed by atoms with Crippen molar-refractivity contribution in [2.24, 2.45) is 5.73 Å². The fraction of sp³-hybridized carbons (Fsp3) is 0.750. The molecule has 74 valence electrons. The number of likely N-dealkylation sites (tertiary alicyclic amines) is 1. The highest BCUT2D eigenvalue weighted by atomic mass is 16.2. The van der Waals surface area contributed by atoms with Gasteiger partial charge in [0.15, 0.2) is 0 Å². The summed E-state index contributed by atoms with van der Waals surface area (Å²) in [6.45, 7) is 1.10. The summed E-state index contributed by atoms with van der Waals surface area (Å²) in [4.78, 5) is 25.4. The van der Waals surface area contributed by atoms with Gasteiger partial charge in [-0.15, -0.1) is 0 Å². The molecule has 1 aliphatic heterocycles. The predicted octanol–water partition coefficient (Wildman–Crippen LogP) is -1.37. The summed E-state index contributed by atoms with van der Waals surface area (Å²) in [6, 6.07) is 0.0268. The number of likely N-dealkylation sites (N-methyl/N-ethyl adjacent to an activating group) is 1. The van der Waals surface area contributed by atoms with Gasteiger partial charge in [0.05, 0.1) is 0 Å². The smallest absolute Gasteiger partial charge is 0.312 e. The normalized spacial score (nSPS) is 21.8. The third-order valence-electron chi connectivity index (χ3n) is 2.10. The molecule has 0 spiro atoms. The first-order valence-corrected chi connectivity index (χ1v) is 4.28. The number of rotatable bonds is 0. The summed E-state index contributed by atoms with van der Waals surface area (Å²) in [5, 5.41) is 0. The summed E-state index contributed by atoms with van der Waals surface area (Å²) in [6.07, 6.45) is 0.784. The number of carbonyl (C=O) groups excluding carboxylic acids is 2. The van der Waals surface area contributed by atoms with Crippen molar-refractivity contribution in [3.05, 3.63) is 0 Å². The second-order valence-electron chi connectivity index (χ2n) is 3.50. The molecule has 1 aliphatic rings. The minimum atomic E-state index is -0.478. The van der Waals surface area contributed by atoms with Crippen LogP contribution in [0.15, 0.2) is 0 Å². The molecule has 1 fully saturated rings. The van der Waals surface area contributed by atoms with E-state index in [2.05, 4.69) is 0 Å². The van der Waals surface area contributed by atoms with Crippen molar-refractivity contribution in [3.8, 4) is 0 Å². The molecule has 0 aromatic rings. The summed E-state index contributed by atoms with van der Waals surface area (Å²) >= 11 is 0. The fourth-order valence-corrected chi connectivity index (χ4v) is 1.30. The molecular formula is C8H15N3O2. The molecule has 0 aliphatic carbocycles. The molecule has 1 heterocycles. The van der Waals surface area contributed by atoms with Crippen LogP contribution in [0.25, 0.3) is 0 Å². The van der Waals surface area contributed by atoms with Crippen LogP contribution < -0.4 is 5.73 Å². The summed E-state index contributed by atoms with van der Waals surface area (Å²) in [5.74, 6) is -0.924. The van der Waals surface area contributed by atoms with Crippen LogP contribution in [0, 0.1) is 0 Å². The number of amides is 2. The number of hydrogen-bond donors (Lipinski definition) is 1. The maximum atomic E-state index is 11.4. The first kappa shape index (κ1) is 9.98. The van der Waals surface area contributed by atoms with E-state index < -0.39 is 11.8 Å². The van der Waals surface area contributed by atoms with Gasteiger partial charge in [-0.05, 0) is 6.42 Å². The average Bonchev–Trinajstić information content (AvgIpc) is 2.49. The maximum absolute atomic E-state index is 11.4. The lowest BCUT2D eigenvalue weighted by molar-refractivity contribution is -0.149. The van der Waals surface area contributed by atoms with Gasteiger partial charge in [-0.25, -0.2) is 0 Å². The number of hydrogen-bond acceptors (Lipinski definition) is 3. The van der Waals surface area contributed by atoms with Crippen LogP contribution in [0.3, 0.4) is 0 Å². The van der Waals surface area contributed by atoms with Crippen LogP contribution in [0.5, 0.6) is 0 Å². The molecule has 1 saturated heterocycles. The van der Waals surface area contributed by atoms with E-state index in [0.717, 1.165) is 6.42 Å². The van der Waals surface area contributed by atoms with Crippen molar-refractivity contribution >= 4 is 11.8 Å². The molecule has 0 saturated carbocycles. The zero-order valence-electron chi connectivity index (χ0n) is 7.99. The van der Waals surface area contributed by atoms with Gasteiger partial charge < -0.3 is 15.5 Å². The zero-order valence-corrected chi connectivity index (χ0v) is 7.99. The molecule has 1 unspecified atom stereocenters. The summed E-state index contributed by atoms with van der Waals surface area (Å²) in [7, 11) is 3.13. The number of nitrogens with zero attached hydrogens (tertiary/aromatic N) is 2. The van der Waals surface area contributed by atoms with E-state index in [0.29, 0.717) is 13.1 Å². The van der Waals surface area contributed by atoms with E-state index in [9.17, 15) is 9.59 Å². The molecule has 0 bridgehead atoms. The Balaban J connectivity index is 2.53. The van der Waals surface area contributed by atoms with Crippen molar-refractivity contribution < 1.29 is 9.59 Å². The Morgan fingerprint density at radius 1 is 1.46 bits per heavy atom. The Hall–Kier alpha value is -1.10. The minimum absolute atomic E-state index is 0.0268. The van der Waals surface area contributed by atoms with Crippen LogP contribution in [0.1, 0.15) is 6.42 Å². The predicted molar refractivity (Wildman–Crippen MR) is 47.9 cm³/mol. The maximum Gasteiger partial charge on any atom is 0.312 e. The lowest BCUT2D eigenvalue weighted by atomic mass is 10.3. The number of nitrogens with two attached hydrogens (primary N) is 1. The Bertz CT molecular complexity index is 227. The van der Waals surface area contributed by atoms with Crippen LogP contribution in [0.2, 0.25) is 0 Å². The van der Waals surface area contributed by atoms with E-state index in [1.165, 1.54) is 9.80 Å². The molecule has 2 N–H and O–H groups in total. The molecule has 0 aromatic carbocycles. The third-order valence-corrected chi connectivity index (χ3v) is 2.10. The zero-order chi connectivity index (χ0) is 10.0. The van der Waals surface area contributed by atoms with Crippen molar-refractivity contribution in [3.63, 3.8) is 0 Å². The first-order chi connectivity index (χ1) is 6.02. The Labute approximate surface area is 77.5 Å². The van der Waals surface area contributed by atoms with E-state index in [1.54, 1.807) is 14.1 Å². The molecule has 2 amide bonds. The minimum Gasteiger partial charge on any atom is -0.341 e. The monoisotopic (exact) mass is 185 g/mol. The van der Waals surface area contributed by atoms with Crippen LogP contribution >= 0.6 is 0 Å². The van der Waals surface area contributed by atoms with Crippen LogP contribution in [-0.4, -0.2) is 54.8 Å². The molecule has 0 radical (unpaired) electrons. The van der Waals surface area contributed by atoms with Gasteiger partial charge in [0.2, 0.25) is 0 Å². The summed E-state index contributed by atoms with van der Waals surface area (Å²) < 4.78 is 0. The van der Waals surface area contributed by atoms with Gasteiger partial charge in [0, 0.05) is 33.2 Å². The lowest BCUT2D eigenvalue weighted by Gasteiger charge is -2.17. The number of carbonyl (C=O) groups is 2. The Morgan fingerprint density at radius 2 is 2.08 bits per heavy atom. The van der Waals surface area contributed by atoms with E-state index in [1.807, 2.05) is 0 Å². The highest BCUT2D eigenvalue weighted by molar-refractivity contribution is 6.34. The van der Waals surface area contributed by atoms with Gasteiger partial charge in [-0.2, -0.15) is 0 Å². The standard InChI is InChI=1S/C8H15N3O2/c1-10(2)7(12)8(13)11-4-3-6(9)5-11/h6H,3-5,9H2,1-2H3. The highest BCUT2D eigenvalue weighted by Crippen LogP contribution is 2.07. The van der Waals surface area contributed by atoms with E-state index >= 15 is 0 Å². The van der Waals surface area contributed by atoms with Crippen molar-refractivity contribution in [1.29, 1.82) is 0 Å². The van der Waals surface area contributed by atoms with Gasteiger partial charge in [0.25, 0.3) is 0 Å². The lowest BCUT2D eigenvalue weighted by Crippen LogP contribution is -2.42. The van der Waals surface area contributed by atoms with Crippen molar-refractivity contribution in [1.82, 2.24) is 9.80 Å². The van der Waals surface area contributed by atoms with Gasteiger partial charge in [-0.1, -0.05) is 0 Å². The summed E-state index contributed by atoms with van der Waals surface area (Å²) in [5.41, 5.74) is 5.62. The SMILES string of the molecule is CN(C)C(=O)C(=O)N1CCC(N)C1. The van der Waals surface area contributed by atoms with Crippen LogP contribution in [0.4, 0.5) is 0 Å². The van der Waals surface area contributed by atoms with Gasteiger partial charge in [-0.3, -0.25) is 9.59 Å². The third kappa shape index (κ3) is 2.18. The Kier molecular flexibility index (Phi) is 2.87. The average molecular weight is 185 g/mol. The van der Waals surface area contributed by atoms with Crippen molar-refractivity contribution in [2.75, 3.05) is 27.2 Å². The molecule has 1 atom stereocenters. The van der Waals surface area contributed by atoms with Crippen LogP contribution in [-0.2, 0) is 9.59 Å². The molecular weight excluding hydrogens is 170 g/mol. The topological polar surface area (TPSA) is 66.6 Å². The second kappa shape index (κ2) is 3.74. The quantitative estimate of drug-likeness (QED) is 0.474.